The molecule has 1 atom stereocenters. The van der Waals surface area contributed by atoms with E-state index in [9.17, 15) is 9.59 Å². The van der Waals surface area contributed by atoms with E-state index < -0.39 is 5.60 Å². The molecule has 0 bridgehead atoms. The van der Waals surface area contributed by atoms with Gasteiger partial charge in [-0.25, -0.2) is 4.79 Å². The summed E-state index contributed by atoms with van der Waals surface area (Å²) >= 11 is 5.90. The number of halogens is 1. The minimum absolute atomic E-state index is 0.136. The van der Waals surface area contributed by atoms with Gasteiger partial charge in [-0.3, -0.25) is 4.79 Å². The van der Waals surface area contributed by atoms with Gasteiger partial charge in [-0.2, -0.15) is 0 Å². The van der Waals surface area contributed by atoms with E-state index in [1.165, 1.54) is 5.56 Å². The molecule has 2 heterocycles. The summed E-state index contributed by atoms with van der Waals surface area (Å²) in [6, 6.07) is 6.06. The van der Waals surface area contributed by atoms with E-state index in [1.54, 1.807) is 4.90 Å². The van der Waals surface area contributed by atoms with Crippen LogP contribution in [0.25, 0.3) is 0 Å². The van der Waals surface area contributed by atoms with Gasteiger partial charge in [0.05, 0.1) is 0 Å². The summed E-state index contributed by atoms with van der Waals surface area (Å²) in [5.41, 5.74) is 2.75. The van der Waals surface area contributed by atoms with Crippen molar-refractivity contribution in [3.05, 3.63) is 29.3 Å². The smallest absolute Gasteiger partial charge is 0.410 e. The number of nitrogens with zero attached hydrogens (tertiary/aromatic N) is 2. The Kier molecular flexibility index (Phi) is 4.96. The fraction of sp³-hybridized carbons (Fsp3) is 0.579. The second-order valence-electron chi connectivity index (χ2n) is 7.83. The third-order valence-corrected chi connectivity index (χ3v) is 5.03. The van der Waals surface area contributed by atoms with Crippen LogP contribution in [-0.4, -0.2) is 41.5 Å². The van der Waals surface area contributed by atoms with E-state index in [2.05, 4.69) is 6.07 Å². The molecule has 1 aromatic rings. The fourth-order valence-electron chi connectivity index (χ4n) is 3.32. The molecule has 25 heavy (non-hydrogen) atoms. The SMILES string of the molecule is CC(C)(C)OC(=O)N1CCc2cc(N3CC(CCl)CC3=O)ccc2C1. The number of carbonyl (C=O) groups excluding carboxylic acids is 2. The van der Waals surface area contributed by atoms with E-state index in [1.807, 2.05) is 37.8 Å². The average Bonchev–Trinajstić information content (AvgIpc) is 2.93. The van der Waals surface area contributed by atoms with Crippen LogP contribution in [0.3, 0.4) is 0 Å². The summed E-state index contributed by atoms with van der Waals surface area (Å²) in [6.45, 7) is 7.47. The molecule has 0 aromatic heterocycles. The summed E-state index contributed by atoms with van der Waals surface area (Å²) < 4.78 is 5.46. The maximum absolute atomic E-state index is 12.3. The molecular formula is C19H25ClN2O3. The van der Waals surface area contributed by atoms with Crippen molar-refractivity contribution in [2.45, 2.75) is 45.8 Å². The van der Waals surface area contributed by atoms with Crippen molar-refractivity contribution in [3.8, 4) is 0 Å². The molecule has 2 amide bonds. The lowest BCUT2D eigenvalue weighted by Crippen LogP contribution is -2.40. The molecule has 0 spiro atoms. The van der Waals surface area contributed by atoms with Gasteiger partial charge in [0.15, 0.2) is 0 Å². The van der Waals surface area contributed by atoms with Crippen molar-refractivity contribution in [1.82, 2.24) is 4.90 Å². The van der Waals surface area contributed by atoms with Crippen LogP contribution in [0.4, 0.5) is 10.5 Å². The first-order chi connectivity index (χ1) is 11.8. The van der Waals surface area contributed by atoms with Gasteiger partial charge in [0.25, 0.3) is 0 Å². The maximum Gasteiger partial charge on any atom is 0.410 e. The van der Waals surface area contributed by atoms with Gasteiger partial charge < -0.3 is 14.5 Å². The van der Waals surface area contributed by atoms with Crippen LogP contribution >= 0.6 is 11.6 Å². The number of benzene rings is 1. The zero-order valence-corrected chi connectivity index (χ0v) is 15.8. The summed E-state index contributed by atoms with van der Waals surface area (Å²) in [5.74, 6) is 0.877. The Labute approximate surface area is 153 Å². The van der Waals surface area contributed by atoms with Crippen LogP contribution in [-0.2, 0) is 22.5 Å². The summed E-state index contributed by atoms with van der Waals surface area (Å²) in [7, 11) is 0. The van der Waals surface area contributed by atoms with Crippen molar-refractivity contribution in [2.75, 3.05) is 23.9 Å². The van der Waals surface area contributed by atoms with Crippen molar-refractivity contribution < 1.29 is 14.3 Å². The number of carbonyl (C=O) groups is 2. The molecule has 1 aromatic carbocycles. The predicted octanol–water partition coefficient (Wildman–Crippen LogP) is 3.57. The highest BCUT2D eigenvalue weighted by Gasteiger charge is 2.31. The number of rotatable bonds is 2. The third kappa shape index (κ3) is 4.09. The molecule has 0 N–H and O–H groups in total. The molecule has 5 nitrogen and oxygen atoms in total. The zero-order chi connectivity index (χ0) is 18.2. The molecule has 2 aliphatic heterocycles. The molecule has 0 aliphatic carbocycles. The van der Waals surface area contributed by atoms with E-state index in [-0.39, 0.29) is 17.9 Å². The molecule has 6 heteroatoms. The summed E-state index contributed by atoms with van der Waals surface area (Å²) in [6.07, 6.45) is 1.01. The highest BCUT2D eigenvalue weighted by molar-refractivity contribution is 6.18. The first-order valence-corrected chi connectivity index (χ1v) is 9.26. The largest absolute Gasteiger partial charge is 0.444 e. The Morgan fingerprint density at radius 2 is 2.08 bits per heavy atom. The number of ether oxygens (including phenoxy) is 1. The molecule has 2 aliphatic rings. The summed E-state index contributed by atoms with van der Waals surface area (Å²) in [4.78, 5) is 28.0. The second kappa shape index (κ2) is 6.87. The molecule has 0 radical (unpaired) electrons. The van der Waals surface area contributed by atoms with Crippen molar-refractivity contribution in [3.63, 3.8) is 0 Å². The highest BCUT2D eigenvalue weighted by atomic mass is 35.5. The van der Waals surface area contributed by atoms with Gasteiger partial charge in [-0.1, -0.05) is 6.07 Å². The lowest BCUT2D eigenvalue weighted by Gasteiger charge is -2.31. The monoisotopic (exact) mass is 364 g/mol. The van der Waals surface area contributed by atoms with Gasteiger partial charge in [0.1, 0.15) is 5.60 Å². The normalized spacial score (nSPS) is 20.6. The van der Waals surface area contributed by atoms with Gasteiger partial charge in [-0.05, 0) is 56.4 Å². The molecule has 1 fully saturated rings. The molecule has 136 valence electrons. The number of anilines is 1. The number of hydrogen-bond acceptors (Lipinski definition) is 3. The molecule has 1 saturated heterocycles. The van der Waals surface area contributed by atoms with E-state index >= 15 is 0 Å². The quantitative estimate of drug-likeness (QED) is 0.754. The lowest BCUT2D eigenvalue weighted by atomic mass is 9.99. The van der Waals surface area contributed by atoms with E-state index in [0.717, 1.165) is 17.7 Å². The predicted molar refractivity (Wildman–Crippen MR) is 98.0 cm³/mol. The Bertz CT molecular complexity index is 684. The Hall–Kier alpha value is -1.75. The highest BCUT2D eigenvalue weighted by Crippen LogP contribution is 2.30. The second-order valence-corrected chi connectivity index (χ2v) is 8.14. The minimum Gasteiger partial charge on any atom is -0.444 e. The van der Waals surface area contributed by atoms with E-state index in [0.29, 0.717) is 31.9 Å². The van der Waals surface area contributed by atoms with Gasteiger partial charge in [0.2, 0.25) is 5.91 Å². The van der Waals surface area contributed by atoms with Crippen LogP contribution in [0.2, 0.25) is 0 Å². The van der Waals surface area contributed by atoms with Crippen molar-refractivity contribution >= 4 is 29.3 Å². The van der Waals surface area contributed by atoms with Crippen LogP contribution in [0.5, 0.6) is 0 Å². The lowest BCUT2D eigenvalue weighted by molar-refractivity contribution is -0.117. The average molecular weight is 365 g/mol. The Morgan fingerprint density at radius 3 is 2.72 bits per heavy atom. The van der Waals surface area contributed by atoms with Crippen LogP contribution in [0.15, 0.2) is 18.2 Å². The van der Waals surface area contributed by atoms with E-state index in [4.69, 9.17) is 16.3 Å². The topological polar surface area (TPSA) is 49.9 Å². The minimum atomic E-state index is -0.490. The third-order valence-electron chi connectivity index (χ3n) is 4.59. The number of alkyl halides is 1. The van der Waals surface area contributed by atoms with Gasteiger partial charge >= 0.3 is 6.09 Å². The first-order valence-electron chi connectivity index (χ1n) is 8.73. The molecular weight excluding hydrogens is 340 g/mol. The number of fused-ring (bicyclic) bond motifs is 1. The van der Waals surface area contributed by atoms with Crippen molar-refractivity contribution in [1.29, 1.82) is 0 Å². The first kappa shape index (κ1) is 18.1. The Morgan fingerprint density at radius 1 is 1.32 bits per heavy atom. The van der Waals surface area contributed by atoms with Crippen molar-refractivity contribution in [2.24, 2.45) is 5.92 Å². The van der Waals surface area contributed by atoms with Crippen LogP contribution in [0, 0.1) is 5.92 Å². The number of amides is 2. The molecule has 3 rings (SSSR count). The molecule has 1 unspecified atom stereocenters. The summed E-state index contributed by atoms with van der Waals surface area (Å²) in [5, 5.41) is 0. The van der Waals surface area contributed by atoms with Gasteiger partial charge in [0, 0.05) is 37.6 Å². The zero-order valence-electron chi connectivity index (χ0n) is 15.0. The Balaban J connectivity index is 1.72. The standard InChI is InChI=1S/C19H25ClN2O3/c1-19(2,3)25-18(24)21-7-6-14-9-16(5-4-15(14)12-21)22-11-13(10-20)8-17(22)23/h4-5,9,13H,6-8,10-12H2,1-3H3. The molecule has 0 saturated carbocycles. The maximum atomic E-state index is 12.3. The fourth-order valence-corrected chi connectivity index (χ4v) is 3.53. The van der Waals surface area contributed by atoms with Crippen LogP contribution in [0.1, 0.15) is 38.3 Å². The number of hydrogen-bond donors (Lipinski definition) is 0. The van der Waals surface area contributed by atoms with Crippen LogP contribution < -0.4 is 4.90 Å². The van der Waals surface area contributed by atoms with Gasteiger partial charge in [-0.15, -0.1) is 11.6 Å².